The van der Waals surface area contributed by atoms with Crippen molar-refractivity contribution < 1.29 is 14.7 Å². The van der Waals surface area contributed by atoms with E-state index in [4.69, 9.17) is 0 Å². The van der Waals surface area contributed by atoms with Crippen molar-refractivity contribution in [1.82, 2.24) is 5.32 Å². The SMILES string of the molecule is Cc1cc(C)cc(N2CCC(C(=O)NCC(C)(O)C(C)C)C2=O)c1. The van der Waals surface area contributed by atoms with E-state index in [1.807, 2.05) is 39.8 Å². The van der Waals surface area contributed by atoms with Gasteiger partial charge in [0.05, 0.1) is 5.60 Å². The minimum absolute atomic E-state index is 0.0175. The minimum atomic E-state index is -0.981. The van der Waals surface area contributed by atoms with Gasteiger partial charge in [0.2, 0.25) is 11.8 Å². The maximum atomic E-state index is 12.6. The van der Waals surface area contributed by atoms with Gasteiger partial charge in [0.1, 0.15) is 5.92 Å². The molecule has 2 rings (SSSR count). The number of anilines is 1. The van der Waals surface area contributed by atoms with Crippen LogP contribution in [0.5, 0.6) is 0 Å². The van der Waals surface area contributed by atoms with Crippen LogP contribution in [0.2, 0.25) is 0 Å². The Bertz CT molecular complexity index is 617. The number of hydrogen-bond donors (Lipinski definition) is 2. The molecule has 2 N–H and O–H groups in total. The number of nitrogens with zero attached hydrogens (tertiary/aromatic N) is 1. The molecule has 0 bridgehead atoms. The molecule has 1 aliphatic heterocycles. The van der Waals surface area contributed by atoms with Crippen LogP contribution in [-0.2, 0) is 9.59 Å². The Kier molecular flexibility index (Phi) is 5.33. The van der Waals surface area contributed by atoms with Crippen LogP contribution in [-0.4, -0.2) is 35.6 Å². The van der Waals surface area contributed by atoms with Gasteiger partial charge in [0, 0.05) is 18.8 Å². The van der Waals surface area contributed by atoms with Crippen LogP contribution in [0.15, 0.2) is 18.2 Å². The highest BCUT2D eigenvalue weighted by molar-refractivity contribution is 6.09. The first-order valence-electron chi connectivity index (χ1n) is 8.51. The number of rotatable bonds is 5. The topological polar surface area (TPSA) is 69.6 Å². The zero-order valence-electron chi connectivity index (χ0n) is 15.2. The lowest BCUT2D eigenvalue weighted by Crippen LogP contribution is -2.47. The summed E-state index contributed by atoms with van der Waals surface area (Å²) >= 11 is 0. The molecule has 132 valence electrons. The minimum Gasteiger partial charge on any atom is -0.388 e. The number of aliphatic hydroxyl groups is 1. The first kappa shape index (κ1) is 18.5. The smallest absolute Gasteiger partial charge is 0.239 e. The highest BCUT2D eigenvalue weighted by atomic mass is 16.3. The number of hydrogen-bond acceptors (Lipinski definition) is 3. The van der Waals surface area contributed by atoms with E-state index in [-0.39, 0.29) is 24.3 Å². The van der Waals surface area contributed by atoms with Gasteiger partial charge >= 0.3 is 0 Å². The van der Waals surface area contributed by atoms with Crippen LogP contribution in [0.25, 0.3) is 0 Å². The Balaban J connectivity index is 2.04. The third-order valence-corrected chi connectivity index (χ3v) is 4.90. The number of amides is 2. The molecular formula is C19H28N2O3. The van der Waals surface area contributed by atoms with Gasteiger partial charge in [-0.3, -0.25) is 9.59 Å². The monoisotopic (exact) mass is 332 g/mol. The van der Waals surface area contributed by atoms with E-state index in [9.17, 15) is 14.7 Å². The van der Waals surface area contributed by atoms with E-state index in [1.165, 1.54) is 0 Å². The number of aryl methyl sites for hydroxylation is 2. The van der Waals surface area contributed by atoms with Crippen LogP contribution in [0.3, 0.4) is 0 Å². The first-order valence-corrected chi connectivity index (χ1v) is 8.51. The van der Waals surface area contributed by atoms with Gasteiger partial charge in [-0.25, -0.2) is 0 Å². The van der Waals surface area contributed by atoms with E-state index in [1.54, 1.807) is 11.8 Å². The van der Waals surface area contributed by atoms with E-state index >= 15 is 0 Å². The molecule has 0 spiro atoms. The zero-order chi connectivity index (χ0) is 18.1. The molecule has 0 aromatic heterocycles. The van der Waals surface area contributed by atoms with Gasteiger partial charge in [0.25, 0.3) is 0 Å². The molecule has 2 unspecified atom stereocenters. The normalized spacial score (nSPS) is 20.4. The Labute approximate surface area is 144 Å². The quantitative estimate of drug-likeness (QED) is 0.812. The molecule has 5 nitrogen and oxygen atoms in total. The van der Waals surface area contributed by atoms with Crippen molar-refractivity contribution in [3.63, 3.8) is 0 Å². The van der Waals surface area contributed by atoms with Crippen LogP contribution in [0, 0.1) is 25.7 Å². The van der Waals surface area contributed by atoms with Gasteiger partial charge in [-0.2, -0.15) is 0 Å². The highest BCUT2D eigenvalue weighted by Crippen LogP contribution is 2.27. The first-order chi connectivity index (χ1) is 11.1. The van der Waals surface area contributed by atoms with Gasteiger partial charge in [-0.15, -0.1) is 0 Å². The van der Waals surface area contributed by atoms with Gasteiger partial charge < -0.3 is 15.3 Å². The number of carbonyl (C=O) groups is 2. The van der Waals surface area contributed by atoms with Crippen LogP contribution in [0.4, 0.5) is 5.69 Å². The maximum absolute atomic E-state index is 12.6. The summed E-state index contributed by atoms with van der Waals surface area (Å²) in [5.74, 6) is -1.12. The zero-order valence-corrected chi connectivity index (χ0v) is 15.2. The fourth-order valence-electron chi connectivity index (χ4n) is 2.88. The molecule has 1 aromatic carbocycles. The predicted octanol–water partition coefficient (Wildman–Crippen LogP) is 2.18. The number of carbonyl (C=O) groups excluding carboxylic acids is 2. The summed E-state index contributed by atoms with van der Waals surface area (Å²) < 4.78 is 0. The summed E-state index contributed by atoms with van der Waals surface area (Å²) in [5.41, 5.74) is 2.06. The highest BCUT2D eigenvalue weighted by Gasteiger charge is 2.38. The second-order valence-corrected chi connectivity index (χ2v) is 7.41. The lowest BCUT2D eigenvalue weighted by molar-refractivity contribution is -0.133. The molecule has 0 aliphatic carbocycles. The molecule has 1 heterocycles. The summed E-state index contributed by atoms with van der Waals surface area (Å²) in [7, 11) is 0. The molecule has 5 heteroatoms. The molecule has 1 aliphatic rings. The molecule has 24 heavy (non-hydrogen) atoms. The molecule has 1 saturated heterocycles. The number of nitrogens with one attached hydrogen (secondary N) is 1. The lowest BCUT2D eigenvalue weighted by Gasteiger charge is -2.28. The van der Waals surface area contributed by atoms with Crippen molar-refractivity contribution in [3.8, 4) is 0 Å². The van der Waals surface area contributed by atoms with Crippen LogP contribution < -0.4 is 10.2 Å². The van der Waals surface area contributed by atoms with Crippen LogP contribution in [0.1, 0.15) is 38.3 Å². The molecule has 2 amide bonds. The molecular weight excluding hydrogens is 304 g/mol. The van der Waals surface area contributed by atoms with E-state index in [0.717, 1.165) is 16.8 Å². The second kappa shape index (κ2) is 6.93. The average Bonchev–Trinajstić information content (AvgIpc) is 2.85. The van der Waals surface area contributed by atoms with Crippen molar-refractivity contribution in [2.75, 3.05) is 18.0 Å². The Morgan fingerprint density at radius 2 is 1.92 bits per heavy atom. The summed E-state index contributed by atoms with van der Waals surface area (Å²) in [6, 6.07) is 5.99. The third-order valence-electron chi connectivity index (χ3n) is 4.90. The largest absolute Gasteiger partial charge is 0.388 e. The van der Waals surface area contributed by atoms with Gasteiger partial charge in [-0.1, -0.05) is 19.9 Å². The molecule has 0 radical (unpaired) electrons. The van der Waals surface area contributed by atoms with Crippen molar-refractivity contribution >= 4 is 17.5 Å². The van der Waals surface area contributed by atoms with Crippen molar-refractivity contribution in [1.29, 1.82) is 0 Å². The fourth-order valence-corrected chi connectivity index (χ4v) is 2.88. The second-order valence-electron chi connectivity index (χ2n) is 7.41. The average molecular weight is 332 g/mol. The lowest BCUT2D eigenvalue weighted by atomic mass is 9.92. The fraction of sp³-hybridized carbons (Fsp3) is 0.579. The molecule has 1 fully saturated rings. The van der Waals surface area contributed by atoms with E-state index < -0.39 is 11.5 Å². The third kappa shape index (κ3) is 3.96. The summed E-state index contributed by atoms with van der Waals surface area (Å²) in [5, 5.41) is 13.0. The maximum Gasteiger partial charge on any atom is 0.239 e. The number of benzene rings is 1. The van der Waals surface area contributed by atoms with Crippen molar-refractivity contribution in [3.05, 3.63) is 29.3 Å². The Morgan fingerprint density at radius 3 is 2.46 bits per heavy atom. The van der Waals surface area contributed by atoms with Crippen LogP contribution >= 0.6 is 0 Å². The molecule has 0 saturated carbocycles. The summed E-state index contributed by atoms with van der Waals surface area (Å²) in [6.07, 6.45) is 0.501. The van der Waals surface area contributed by atoms with E-state index in [0.29, 0.717) is 13.0 Å². The van der Waals surface area contributed by atoms with Gasteiger partial charge in [0.15, 0.2) is 0 Å². The Morgan fingerprint density at radius 1 is 1.33 bits per heavy atom. The van der Waals surface area contributed by atoms with Crippen molar-refractivity contribution in [2.24, 2.45) is 11.8 Å². The Hall–Kier alpha value is -1.88. The van der Waals surface area contributed by atoms with Gasteiger partial charge in [-0.05, 0) is 56.4 Å². The molecule has 1 aromatic rings. The summed E-state index contributed by atoms with van der Waals surface area (Å²) in [4.78, 5) is 26.7. The predicted molar refractivity (Wildman–Crippen MR) is 94.8 cm³/mol. The summed E-state index contributed by atoms with van der Waals surface area (Å²) in [6.45, 7) is 10.2. The standard InChI is InChI=1S/C19H28N2O3/c1-12(2)19(5,24)11-20-17(22)16-6-7-21(18(16)23)15-9-13(3)8-14(4)10-15/h8-10,12,16,24H,6-7,11H2,1-5H3,(H,20,22). The van der Waals surface area contributed by atoms with E-state index in [2.05, 4.69) is 11.4 Å². The molecule has 2 atom stereocenters. The van der Waals surface area contributed by atoms with Crippen molar-refractivity contribution in [2.45, 2.75) is 46.6 Å².